The zero-order chi connectivity index (χ0) is 16.7. The van der Waals surface area contributed by atoms with Gasteiger partial charge in [-0.25, -0.2) is 18.5 Å². The first-order chi connectivity index (χ1) is 10.9. The molecule has 2 rings (SSSR count). The van der Waals surface area contributed by atoms with Gasteiger partial charge in [0.25, 0.3) is 0 Å². The largest absolute Gasteiger partial charge is 0.308 e. The van der Waals surface area contributed by atoms with E-state index in [1.807, 2.05) is 0 Å². The third-order valence-corrected chi connectivity index (χ3v) is 3.89. The molecule has 8 nitrogen and oxygen atoms in total. The third kappa shape index (κ3) is 5.74. The molecule has 0 aliphatic heterocycles. The topological polar surface area (TPSA) is 127 Å². The van der Waals surface area contributed by atoms with Crippen molar-refractivity contribution in [2.45, 2.75) is 11.3 Å². The summed E-state index contributed by atoms with van der Waals surface area (Å²) >= 11 is 0. The van der Waals surface area contributed by atoms with Crippen LogP contribution in [0.2, 0.25) is 0 Å². The van der Waals surface area contributed by atoms with Gasteiger partial charge in [-0.15, -0.1) is 0 Å². The van der Waals surface area contributed by atoms with Crippen LogP contribution in [0.15, 0.2) is 47.8 Å². The van der Waals surface area contributed by atoms with Crippen molar-refractivity contribution in [3.8, 4) is 0 Å². The molecule has 0 saturated carbocycles. The van der Waals surface area contributed by atoms with Crippen LogP contribution in [0.3, 0.4) is 0 Å². The molecule has 4 N–H and O–H groups in total. The van der Waals surface area contributed by atoms with Crippen LogP contribution in [0, 0.1) is 0 Å². The van der Waals surface area contributed by atoms with Crippen LogP contribution in [-0.4, -0.2) is 37.4 Å². The Kier molecular flexibility index (Phi) is 5.74. The average molecular weight is 335 g/mol. The minimum absolute atomic E-state index is 0.0811. The van der Waals surface area contributed by atoms with Gasteiger partial charge in [-0.2, -0.15) is 0 Å². The number of anilines is 1. The Hall–Kier alpha value is -2.36. The number of carbonyl (C=O) groups excluding carboxylic acids is 1. The normalized spacial score (nSPS) is 11.2. The first kappa shape index (κ1) is 17.0. The van der Waals surface area contributed by atoms with Crippen LogP contribution >= 0.6 is 0 Å². The highest BCUT2D eigenvalue weighted by Gasteiger charge is 2.07. The zero-order valence-electron chi connectivity index (χ0n) is 12.3. The number of rotatable bonds is 7. The Bertz CT molecular complexity index is 748. The van der Waals surface area contributed by atoms with E-state index in [4.69, 9.17) is 5.14 Å². The minimum atomic E-state index is -3.67. The molecule has 2 aromatic rings. The zero-order valence-corrected chi connectivity index (χ0v) is 13.1. The second-order valence-electron chi connectivity index (χ2n) is 4.75. The van der Waals surface area contributed by atoms with Crippen molar-refractivity contribution in [1.29, 1.82) is 0 Å². The van der Waals surface area contributed by atoms with Crippen LogP contribution in [0.1, 0.15) is 5.56 Å². The number of hydrogen-bond donors (Lipinski definition) is 3. The maximum Gasteiger partial charge on any atom is 0.239 e. The molecule has 1 aromatic carbocycles. The van der Waals surface area contributed by atoms with Crippen LogP contribution < -0.4 is 15.8 Å². The fourth-order valence-corrected chi connectivity index (χ4v) is 2.35. The molecule has 0 atom stereocenters. The van der Waals surface area contributed by atoms with E-state index in [-0.39, 0.29) is 17.3 Å². The molecule has 9 heteroatoms. The molecule has 0 aliphatic carbocycles. The maximum atomic E-state index is 11.7. The van der Waals surface area contributed by atoms with Gasteiger partial charge < -0.3 is 10.6 Å². The lowest BCUT2D eigenvalue weighted by molar-refractivity contribution is -0.115. The summed E-state index contributed by atoms with van der Waals surface area (Å²) in [5.41, 5.74) is 0.944. The van der Waals surface area contributed by atoms with Gasteiger partial charge in [-0.05, 0) is 30.7 Å². The molecule has 1 heterocycles. The molecule has 0 unspecified atom stereocenters. The standard InChI is InChI=1S/C14H17N5O3S/c15-23(21,22)12-3-1-11(2-4-12)5-6-16-10-14(20)19-13-9-17-7-8-18-13/h1-4,7-9,16H,5-6,10H2,(H2,15,21,22)(H,18,19,20). The number of nitrogens with one attached hydrogen (secondary N) is 2. The third-order valence-electron chi connectivity index (χ3n) is 2.96. The Morgan fingerprint density at radius 3 is 2.52 bits per heavy atom. The summed E-state index contributed by atoms with van der Waals surface area (Å²) in [6, 6.07) is 6.32. The maximum absolute atomic E-state index is 11.7. The van der Waals surface area contributed by atoms with Gasteiger partial charge in [0.05, 0.1) is 17.6 Å². The molecule has 0 radical (unpaired) electrons. The van der Waals surface area contributed by atoms with Crippen molar-refractivity contribution in [2.24, 2.45) is 5.14 Å². The predicted molar refractivity (Wildman–Crippen MR) is 85.1 cm³/mol. The summed E-state index contributed by atoms with van der Waals surface area (Å²) in [6.07, 6.45) is 5.14. The summed E-state index contributed by atoms with van der Waals surface area (Å²) in [7, 11) is -3.67. The van der Waals surface area contributed by atoms with Gasteiger partial charge >= 0.3 is 0 Å². The lowest BCUT2D eigenvalue weighted by atomic mass is 10.1. The average Bonchev–Trinajstić information content (AvgIpc) is 2.52. The Balaban J connectivity index is 1.72. The second kappa shape index (κ2) is 7.77. The van der Waals surface area contributed by atoms with Crippen molar-refractivity contribution in [3.05, 3.63) is 48.4 Å². The summed E-state index contributed by atoms with van der Waals surface area (Å²) in [5, 5.41) is 10.6. The quantitative estimate of drug-likeness (QED) is 0.606. The Labute approximate surface area is 134 Å². The SMILES string of the molecule is NS(=O)(=O)c1ccc(CCNCC(=O)Nc2cnccn2)cc1. The van der Waals surface area contributed by atoms with E-state index in [1.54, 1.807) is 12.1 Å². The molecular formula is C14H17N5O3S. The van der Waals surface area contributed by atoms with Crippen LogP contribution in [0.25, 0.3) is 0 Å². The molecule has 0 spiro atoms. The number of carbonyl (C=O) groups is 1. The highest BCUT2D eigenvalue weighted by Crippen LogP contribution is 2.08. The molecule has 0 saturated heterocycles. The van der Waals surface area contributed by atoms with E-state index in [9.17, 15) is 13.2 Å². The molecule has 122 valence electrons. The smallest absolute Gasteiger partial charge is 0.239 e. The molecule has 0 fully saturated rings. The van der Waals surface area contributed by atoms with Crippen molar-refractivity contribution in [3.63, 3.8) is 0 Å². The highest BCUT2D eigenvalue weighted by molar-refractivity contribution is 7.89. The van der Waals surface area contributed by atoms with E-state index in [0.29, 0.717) is 18.8 Å². The van der Waals surface area contributed by atoms with E-state index >= 15 is 0 Å². The number of hydrogen-bond acceptors (Lipinski definition) is 6. The van der Waals surface area contributed by atoms with E-state index in [1.165, 1.54) is 30.7 Å². The van der Waals surface area contributed by atoms with Crippen molar-refractivity contribution in [1.82, 2.24) is 15.3 Å². The van der Waals surface area contributed by atoms with Crippen molar-refractivity contribution >= 4 is 21.7 Å². The lowest BCUT2D eigenvalue weighted by Gasteiger charge is -2.06. The molecule has 0 bridgehead atoms. The first-order valence-corrected chi connectivity index (χ1v) is 8.38. The minimum Gasteiger partial charge on any atom is -0.308 e. The van der Waals surface area contributed by atoms with Crippen LogP contribution in [0.4, 0.5) is 5.82 Å². The van der Waals surface area contributed by atoms with E-state index in [0.717, 1.165) is 5.56 Å². The number of nitrogens with two attached hydrogens (primary N) is 1. The van der Waals surface area contributed by atoms with Crippen LogP contribution in [-0.2, 0) is 21.2 Å². The van der Waals surface area contributed by atoms with E-state index in [2.05, 4.69) is 20.6 Å². The fraction of sp³-hybridized carbons (Fsp3) is 0.214. The molecule has 1 aromatic heterocycles. The Morgan fingerprint density at radius 1 is 1.17 bits per heavy atom. The second-order valence-corrected chi connectivity index (χ2v) is 6.32. The summed E-state index contributed by atoms with van der Waals surface area (Å²) in [5.74, 6) is 0.188. The lowest BCUT2D eigenvalue weighted by Crippen LogP contribution is -2.29. The van der Waals surface area contributed by atoms with Gasteiger partial charge in [-0.3, -0.25) is 9.78 Å². The monoisotopic (exact) mass is 335 g/mol. The number of nitrogens with zero attached hydrogens (tertiary/aromatic N) is 2. The first-order valence-electron chi connectivity index (χ1n) is 6.83. The fourth-order valence-electron chi connectivity index (χ4n) is 1.83. The van der Waals surface area contributed by atoms with Gasteiger partial charge in [0, 0.05) is 12.4 Å². The van der Waals surface area contributed by atoms with Crippen LogP contribution in [0.5, 0.6) is 0 Å². The number of aromatic nitrogens is 2. The van der Waals surface area contributed by atoms with Gasteiger partial charge in [0.2, 0.25) is 15.9 Å². The van der Waals surface area contributed by atoms with Crippen molar-refractivity contribution in [2.75, 3.05) is 18.4 Å². The number of benzene rings is 1. The summed E-state index contributed by atoms with van der Waals surface area (Å²) in [6.45, 7) is 0.717. The molecular weight excluding hydrogens is 318 g/mol. The van der Waals surface area contributed by atoms with E-state index < -0.39 is 10.0 Å². The van der Waals surface area contributed by atoms with Gasteiger partial charge in [0.15, 0.2) is 5.82 Å². The summed E-state index contributed by atoms with van der Waals surface area (Å²) < 4.78 is 22.3. The number of sulfonamides is 1. The molecule has 1 amide bonds. The predicted octanol–water partition coefficient (Wildman–Crippen LogP) is -0.105. The van der Waals surface area contributed by atoms with Gasteiger partial charge in [0.1, 0.15) is 0 Å². The number of amides is 1. The Morgan fingerprint density at radius 2 is 1.91 bits per heavy atom. The summed E-state index contributed by atoms with van der Waals surface area (Å²) in [4.78, 5) is 19.5. The van der Waals surface area contributed by atoms with Crippen molar-refractivity contribution < 1.29 is 13.2 Å². The van der Waals surface area contributed by atoms with Gasteiger partial charge in [-0.1, -0.05) is 12.1 Å². The molecule has 23 heavy (non-hydrogen) atoms. The molecule has 0 aliphatic rings. The highest BCUT2D eigenvalue weighted by atomic mass is 32.2. The number of primary sulfonamides is 1.